The summed E-state index contributed by atoms with van der Waals surface area (Å²) >= 11 is 10.5. The standard InChI is InChI=1S/C18H22BrClO3/c1-3-23-16(22)11-13-9-14(12(2)21)17(15(19)10-13)18(20)7-5-4-6-8-18/h9-10H,3-8,11H2,1-2H3. The number of ketones is 1. The van der Waals surface area contributed by atoms with E-state index in [2.05, 4.69) is 15.9 Å². The van der Waals surface area contributed by atoms with Crippen molar-refractivity contribution in [2.24, 2.45) is 0 Å². The molecule has 0 unspecified atom stereocenters. The first-order chi connectivity index (χ1) is 10.9. The molecule has 0 spiro atoms. The minimum absolute atomic E-state index is 0.0305. The lowest BCUT2D eigenvalue weighted by Gasteiger charge is -2.34. The molecule has 0 heterocycles. The van der Waals surface area contributed by atoms with Crippen LogP contribution in [0, 0.1) is 0 Å². The topological polar surface area (TPSA) is 43.4 Å². The van der Waals surface area contributed by atoms with Gasteiger partial charge in [0.05, 0.1) is 17.9 Å². The lowest BCUT2D eigenvalue weighted by molar-refractivity contribution is -0.142. The molecule has 1 aliphatic rings. The summed E-state index contributed by atoms with van der Waals surface area (Å²) in [6.07, 6.45) is 5.20. The number of carbonyl (C=O) groups excluding carboxylic acids is 2. The molecule has 1 saturated carbocycles. The zero-order valence-corrected chi connectivity index (χ0v) is 15.9. The summed E-state index contributed by atoms with van der Waals surface area (Å²) in [5.41, 5.74) is 2.25. The average Bonchev–Trinajstić information content (AvgIpc) is 2.47. The van der Waals surface area contributed by atoms with Gasteiger partial charge in [0.25, 0.3) is 0 Å². The number of hydrogen-bond acceptors (Lipinski definition) is 3. The summed E-state index contributed by atoms with van der Waals surface area (Å²) in [6.45, 7) is 3.67. The van der Waals surface area contributed by atoms with Crippen LogP contribution >= 0.6 is 27.5 Å². The number of benzene rings is 1. The second-order valence-electron chi connectivity index (χ2n) is 6.06. The van der Waals surface area contributed by atoms with Gasteiger partial charge in [-0.1, -0.05) is 35.2 Å². The molecule has 0 amide bonds. The first kappa shape index (κ1) is 18.5. The number of Topliss-reactive ketones (excluding diaryl/α,β-unsaturated/α-hetero) is 1. The monoisotopic (exact) mass is 400 g/mol. The number of carbonyl (C=O) groups is 2. The highest BCUT2D eigenvalue weighted by atomic mass is 79.9. The van der Waals surface area contributed by atoms with E-state index in [0.717, 1.165) is 41.3 Å². The fourth-order valence-electron chi connectivity index (χ4n) is 3.24. The Balaban J connectivity index is 2.43. The second-order valence-corrected chi connectivity index (χ2v) is 7.64. The third-order valence-corrected chi connectivity index (χ3v) is 5.47. The van der Waals surface area contributed by atoms with Crippen molar-refractivity contribution in [2.75, 3.05) is 6.61 Å². The van der Waals surface area contributed by atoms with Crippen molar-refractivity contribution >= 4 is 39.3 Å². The zero-order valence-electron chi connectivity index (χ0n) is 13.6. The van der Waals surface area contributed by atoms with Crippen molar-refractivity contribution in [1.29, 1.82) is 0 Å². The van der Waals surface area contributed by atoms with Crippen LogP contribution < -0.4 is 0 Å². The lowest BCUT2D eigenvalue weighted by atomic mass is 9.80. The third-order valence-electron chi connectivity index (χ3n) is 4.28. The van der Waals surface area contributed by atoms with Gasteiger partial charge in [-0.15, -0.1) is 11.6 Å². The van der Waals surface area contributed by atoms with Crippen LogP contribution in [0.1, 0.15) is 67.4 Å². The van der Waals surface area contributed by atoms with Crippen LogP contribution in [0.5, 0.6) is 0 Å². The van der Waals surface area contributed by atoms with Gasteiger partial charge in [-0.3, -0.25) is 9.59 Å². The van der Waals surface area contributed by atoms with E-state index in [1.165, 1.54) is 6.42 Å². The van der Waals surface area contributed by atoms with Crippen molar-refractivity contribution in [3.05, 3.63) is 33.3 Å². The van der Waals surface area contributed by atoms with Crippen molar-refractivity contribution in [2.45, 2.75) is 57.2 Å². The van der Waals surface area contributed by atoms with Crippen molar-refractivity contribution in [3.63, 3.8) is 0 Å². The van der Waals surface area contributed by atoms with Gasteiger partial charge in [0.1, 0.15) is 0 Å². The highest BCUT2D eigenvalue weighted by Crippen LogP contribution is 2.47. The number of ether oxygens (including phenoxy) is 1. The molecule has 1 aromatic carbocycles. The van der Waals surface area contributed by atoms with Gasteiger partial charge in [0.2, 0.25) is 0 Å². The first-order valence-corrected chi connectivity index (χ1v) is 9.23. The lowest BCUT2D eigenvalue weighted by Crippen LogP contribution is -2.25. The van der Waals surface area contributed by atoms with Gasteiger partial charge in [-0.05, 0) is 49.9 Å². The molecule has 0 atom stereocenters. The van der Waals surface area contributed by atoms with E-state index in [1.807, 2.05) is 6.07 Å². The molecule has 126 valence electrons. The Hall–Kier alpha value is -0.870. The van der Waals surface area contributed by atoms with E-state index >= 15 is 0 Å². The minimum atomic E-state index is -0.499. The summed E-state index contributed by atoms with van der Waals surface area (Å²) in [5, 5.41) is 0. The molecule has 3 nitrogen and oxygen atoms in total. The summed E-state index contributed by atoms with van der Waals surface area (Å²) in [6, 6.07) is 3.68. The van der Waals surface area contributed by atoms with Gasteiger partial charge >= 0.3 is 5.97 Å². The molecule has 0 N–H and O–H groups in total. The van der Waals surface area contributed by atoms with Crippen LogP contribution in [0.3, 0.4) is 0 Å². The summed E-state index contributed by atoms with van der Waals surface area (Å²) < 4.78 is 5.79. The number of rotatable bonds is 5. The largest absolute Gasteiger partial charge is 0.466 e. The Morgan fingerprint density at radius 2 is 1.91 bits per heavy atom. The number of alkyl halides is 1. The zero-order chi connectivity index (χ0) is 17.0. The van der Waals surface area contributed by atoms with Crippen molar-refractivity contribution in [3.8, 4) is 0 Å². The van der Waals surface area contributed by atoms with Crippen LogP contribution in [-0.2, 0) is 20.8 Å². The molecule has 0 aliphatic heterocycles. The smallest absolute Gasteiger partial charge is 0.310 e. The van der Waals surface area contributed by atoms with E-state index in [9.17, 15) is 9.59 Å². The Labute approximate surface area is 150 Å². The van der Waals surface area contributed by atoms with Gasteiger partial charge < -0.3 is 4.74 Å². The number of halogens is 2. The fraction of sp³-hybridized carbons (Fsp3) is 0.556. The van der Waals surface area contributed by atoms with Gasteiger partial charge in [-0.2, -0.15) is 0 Å². The van der Waals surface area contributed by atoms with Crippen LogP contribution in [0.4, 0.5) is 0 Å². The second kappa shape index (κ2) is 7.80. The third kappa shape index (κ3) is 4.36. The molecule has 0 saturated heterocycles. The van der Waals surface area contributed by atoms with Crippen LogP contribution in [-0.4, -0.2) is 18.4 Å². The van der Waals surface area contributed by atoms with Gasteiger partial charge in [0.15, 0.2) is 5.78 Å². The maximum Gasteiger partial charge on any atom is 0.310 e. The molecule has 5 heteroatoms. The molecule has 0 radical (unpaired) electrons. The molecule has 0 bridgehead atoms. The number of esters is 1. The molecular weight excluding hydrogens is 380 g/mol. The van der Waals surface area contributed by atoms with Crippen LogP contribution in [0.2, 0.25) is 0 Å². The maximum atomic E-state index is 12.2. The minimum Gasteiger partial charge on any atom is -0.466 e. The van der Waals surface area contributed by atoms with Crippen molar-refractivity contribution < 1.29 is 14.3 Å². The average molecular weight is 402 g/mol. The van der Waals surface area contributed by atoms with E-state index in [-0.39, 0.29) is 18.2 Å². The molecular formula is C18H22BrClO3. The Morgan fingerprint density at radius 1 is 1.26 bits per heavy atom. The molecule has 1 fully saturated rings. The van der Waals surface area contributed by atoms with Crippen LogP contribution in [0.15, 0.2) is 16.6 Å². The Morgan fingerprint density at radius 3 is 2.48 bits per heavy atom. The quantitative estimate of drug-likeness (QED) is 0.389. The van der Waals surface area contributed by atoms with E-state index in [4.69, 9.17) is 16.3 Å². The number of hydrogen-bond donors (Lipinski definition) is 0. The summed E-state index contributed by atoms with van der Waals surface area (Å²) in [4.78, 5) is 23.4. The fourth-order valence-corrected chi connectivity index (χ4v) is 4.71. The van der Waals surface area contributed by atoms with E-state index in [0.29, 0.717) is 12.2 Å². The van der Waals surface area contributed by atoms with Crippen molar-refractivity contribution in [1.82, 2.24) is 0 Å². The maximum absolute atomic E-state index is 12.2. The van der Waals surface area contributed by atoms with Crippen LogP contribution in [0.25, 0.3) is 0 Å². The highest BCUT2D eigenvalue weighted by molar-refractivity contribution is 9.10. The summed E-state index contributed by atoms with van der Waals surface area (Å²) in [7, 11) is 0. The highest BCUT2D eigenvalue weighted by Gasteiger charge is 2.36. The Kier molecular flexibility index (Phi) is 6.26. The molecule has 1 aromatic rings. The first-order valence-electron chi connectivity index (χ1n) is 8.06. The van der Waals surface area contributed by atoms with E-state index < -0.39 is 4.87 Å². The van der Waals surface area contributed by atoms with E-state index in [1.54, 1.807) is 19.9 Å². The normalized spacial score (nSPS) is 16.9. The molecule has 1 aliphatic carbocycles. The molecule has 2 rings (SSSR count). The molecule has 23 heavy (non-hydrogen) atoms. The van der Waals surface area contributed by atoms with Gasteiger partial charge in [-0.25, -0.2) is 0 Å². The Bertz CT molecular complexity index is 607. The molecule has 0 aromatic heterocycles. The summed E-state index contributed by atoms with van der Waals surface area (Å²) in [5.74, 6) is -0.322. The predicted molar refractivity (Wildman–Crippen MR) is 95.1 cm³/mol. The van der Waals surface area contributed by atoms with Gasteiger partial charge in [0, 0.05) is 10.0 Å². The predicted octanol–water partition coefficient (Wildman–Crippen LogP) is 5.16. The SMILES string of the molecule is CCOC(=O)Cc1cc(Br)c(C2(Cl)CCCCC2)c(C(C)=O)c1.